The highest BCUT2D eigenvalue weighted by Gasteiger charge is 1.96. The van der Waals surface area contributed by atoms with Crippen molar-refractivity contribution in [1.29, 1.82) is 0 Å². The van der Waals surface area contributed by atoms with E-state index in [1.54, 1.807) is 0 Å². The van der Waals surface area contributed by atoms with E-state index < -0.39 is 0 Å². The summed E-state index contributed by atoms with van der Waals surface area (Å²) in [7, 11) is 0. The van der Waals surface area contributed by atoms with Crippen molar-refractivity contribution in [3.05, 3.63) is 90.1 Å². The lowest BCUT2D eigenvalue weighted by atomic mass is 10.1. The van der Waals surface area contributed by atoms with Crippen molar-refractivity contribution in [2.75, 3.05) is 26.3 Å². The second-order valence-corrected chi connectivity index (χ2v) is 13.6. The smallest absolute Gasteiger partial charge is 0.119 e. The maximum Gasteiger partial charge on any atom is 0.119 e. The normalized spacial score (nSPS) is 10.4. The highest BCUT2D eigenvalue weighted by Crippen LogP contribution is 2.11. The van der Waals surface area contributed by atoms with Crippen molar-refractivity contribution >= 4 is 24.8 Å². The Morgan fingerprint density at radius 3 is 1.23 bits per heavy atom. The number of ether oxygens (including phenoxy) is 1. The Morgan fingerprint density at radius 2 is 0.846 bits per heavy atom. The van der Waals surface area contributed by atoms with Crippen LogP contribution in [0.4, 0.5) is 0 Å². The van der Waals surface area contributed by atoms with Crippen molar-refractivity contribution in [1.82, 2.24) is 9.13 Å². The number of aliphatic hydroxyl groups excluding tert-OH is 1. The average Bonchev–Trinajstić information content (AvgIpc) is 3.16. The SMILES string of the molecule is CCCCCCCCN=c1ccn(CCCCCCCCCCn2ccc(=NCCCCCCCC)cc2)cc1.Cl.Cl.OCCOc1ccccc1. The van der Waals surface area contributed by atoms with Crippen LogP contribution >= 0.6 is 24.8 Å². The number of halogens is 2. The Kier molecular flexibility index (Phi) is 35.0. The lowest BCUT2D eigenvalue weighted by Crippen LogP contribution is -2.06. The van der Waals surface area contributed by atoms with Crippen LogP contribution in [0.15, 0.2) is 89.4 Å². The molecule has 2 aromatic heterocycles. The van der Waals surface area contributed by atoms with Crippen LogP contribution in [0.2, 0.25) is 0 Å². The first-order valence-corrected chi connectivity index (χ1v) is 20.4. The average molecular weight is 762 g/mol. The molecule has 0 spiro atoms. The zero-order valence-electron chi connectivity index (χ0n) is 32.9. The molecule has 6 nitrogen and oxygen atoms in total. The summed E-state index contributed by atoms with van der Waals surface area (Å²) in [6, 6.07) is 18.1. The van der Waals surface area contributed by atoms with E-state index in [1.807, 2.05) is 30.3 Å². The van der Waals surface area contributed by atoms with Gasteiger partial charge >= 0.3 is 0 Å². The largest absolute Gasteiger partial charge is 0.491 e. The third-order valence-electron chi connectivity index (χ3n) is 9.05. The summed E-state index contributed by atoms with van der Waals surface area (Å²) in [5, 5.41) is 10.7. The lowest BCUT2D eigenvalue weighted by molar-refractivity contribution is 0.201. The minimum atomic E-state index is 0. The van der Waals surface area contributed by atoms with E-state index in [2.05, 4.69) is 72.0 Å². The molecule has 0 fully saturated rings. The number of nitrogens with zero attached hydrogens (tertiary/aromatic N) is 4. The molecule has 0 bridgehead atoms. The van der Waals surface area contributed by atoms with Crippen LogP contribution in [0.1, 0.15) is 142 Å². The molecule has 0 saturated heterocycles. The van der Waals surface area contributed by atoms with E-state index >= 15 is 0 Å². The molecule has 0 aliphatic heterocycles. The quantitative estimate of drug-likeness (QED) is 0.0749. The van der Waals surface area contributed by atoms with Gasteiger partial charge in [-0.05, 0) is 62.1 Å². The zero-order valence-corrected chi connectivity index (χ0v) is 34.5. The molecule has 0 saturated carbocycles. The molecule has 3 rings (SSSR count). The summed E-state index contributed by atoms with van der Waals surface area (Å²) in [5.41, 5.74) is 0. The number of hydrogen-bond acceptors (Lipinski definition) is 4. The maximum absolute atomic E-state index is 8.40. The number of aliphatic hydroxyl groups is 1. The summed E-state index contributed by atoms with van der Waals surface area (Å²) < 4.78 is 9.74. The lowest BCUT2D eigenvalue weighted by Gasteiger charge is -2.07. The fourth-order valence-electron chi connectivity index (χ4n) is 5.94. The van der Waals surface area contributed by atoms with Crippen LogP contribution in [0.3, 0.4) is 0 Å². The first kappa shape index (κ1) is 49.5. The van der Waals surface area contributed by atoms with Crippen LogP contribution < -0.4 is 15.5 Å². The molecule has 52 heavy (non-hydrogen) atoms. The Morgan fingerprint density at radius 1 is 0.481 bits per heavy atom. The van der Waals surface area contributed by atoms with Gasteiger partial charge in [0, 0.05) is 51.0 Å². The first-order chi connectivity index (χ1) is 24.7. The number of aromatic nitrogens is 2. The topological polar surface area (TPSA) is 64.0 Å². The molecular weight excluding hydrogens is 687 g/mol. The minimum Gasteiger partial charge on any atom is -0.491 e. The fourth-order valence-corrected chi connectivity index (χ4v) is 5.94. The van der Waals surface area contributed by atoms with E-state index in [-0.39, 0.29) is 31.4 Å². The van der Waals surface area contributed by atoms with E-state index in [1.165, 1.54) is 128 Å². The summed E-state index contributed by atoms with van der Waals surface area (Å²) in [5.74, 6) is 0.802. The first-order valence-electron chi connectivity index (χ1n) is 20.4. The van der Waals surface area contributed by atoms with Crippen molar-refractivity contribution in [3.63, 3.8) is 0 Å². The molecular formula is C44H74Cl2N4O2. The molecule has 0 unspecified atom stereocenters. The van der Waals surface area contributed by atoms with Gasteiger partial charge in [-0.1, -0.05) is 135 Å². The van der Waals surface area contributed by atoms with Crippen LogP contribution in [-0.4, -0.2) is 40.5 Å². The zero-order chi connectivity index (χ0) is 35.6. The summed E-state index contributed by atoms with van der Waals surface area (Å²) in [6.45, 7) is 9.17. The maximum atomic E-state index is 8.40. The van der Waals surface area contributed by atoms with Crippen molar-refractivity contribution in [2.45, 2.75) is 155 Å². The predicted molar refractivity (Wildman–Crippen MR) is 227 cm³/mol. The number of para-hydroxylation sites is 1. The molecule has 8 heteroatoms. The monoisotopic (exact) mass is 761 g/mol. The Balaban J connectivity index is 0.00000186. The van der Waals surface area contributed by atoms with E-state index in [0.29, 0.717) is 6.61 Å². The van der Waals surface area contributed by atoms with Gasteiger partial charge in [-0.15, -0.1) is 24.8 Å². The minimum absolute atomic E-state index is 0. The Bertz CT molecular complexity index is 1190. The second-order valence-electron chi connectivity index (χ2n) is 13.6. The van der Waals surface area contributed by atoms with Crippen LogP contribution in [-0.2, 0) is 13.1 Å². The van der Waals surface area contributed by atoms with Gasteiger partial charge in [-0.3, -0.25) is 9.98 Å². The molecule has 2 heterocycles. The standard InChI is InChI=1S/C36H62N4.C8H10O2.2ClH/c1-3-5-7-9-15-19-27-37-35-23-31-39(32-24-35)29-21-17-13-11-12-14-18-22-30-40-33-25-36(26-34-40)38-28-20-16-10-8-6-4-2;9-6-7-10-8-4-2-1-3-5-8;;/h23-26,31-34H,3-22,27-30H2,1-2H3;1-5,9H,6-7H2;2*1H. The number of pyridine rings is 2. The summed E-state index contributed by atoms with van der Waals surface area (Å²) in [4.78, 5) is 9.48. The summed E-state index contributed by atoms with van der Waals surface area (Å²) in [6.07, 6.45) is 35.5. The van der Waals surface area contributed by atoms with Crippen molar-refractivity contribution < 1.29 is 9.84 Å². The van der Waals surface area contributed by atoms with Gasteiger partial charge in [0.2, 0.25) is 0 Å². The van der Waals surface area contributed by atoms with E-state index in [0.717, 1.165) is 42.6 Å². The third-order valence-corrected chi connectivity index (χ3v) is 9.05. The Hall–Kier alpha value is -2.54. The molecule has 0 radical (unpaired) electrons. The Labute approximate surface area is 330 Å². The predicted octanol–water partition coefficient (Wildman–Crippen LogP) is 11.5. The van der Waals surface area contributed by atoms with Gasteiger partial charge in [0.05, 0.1) is 17.3 Å². The van der Waals surface area contributed by atoms with Gasteiger partial charge in [-0.2, -0.15) is 0 Å². The number of rotatable bonds is 28. The molecule has 1 N–H and O–H groups in total. The second kappa shape index (κ2) is 36.8. The highest BCUT2D eigenvalue weighted by atomic mass is 35.5. The fraction of sp³-hybridized carbons (Fsp3) is 0.636. The molecule has 0 aliphatic rings. The van der Waals surface area contributed by atoms with Crippen LogP contribution in [0.5, 0.6) is 5.75 Å². The van der Waals surface area contributed by atoms with Gasteiger partial charge < -0.3 is 19.0 Å². The molecule has 0 aliphatic carbocycles. The highest BCUT2D eigenvalue weighted by molar-refractivity contribution is 5.85. The van der Waals surface area contributed by atoms with Gasteiger partial charge in [0.25, 0.3) is 0 Å². The number of unbranched alkanes of at least 4 members (excludes halogenated alkanes) is 17. The van der Waals surface area contributed by atoms with Gasteiger partial charge in [-0.25, -0.2) is 0 Å². The van der Waals surface area contributed by atoms with Crippen LogP contribution in [0, 0.1) is 0 Å². The molecule has 0 atom stereocenters. The number of hydrogen-bond donors (Lipinski definition) is 1. The van der Waals surface area contributed by atoms with Gasteiger partial charge in [0.1, 0.15) is 12.4 Å². The number of benzene rings is 1. The molecule has 296 valence electrons. The van der Waals surface area contributed by atoms with Crippen LogP contribution in [0.25, 0.3) is 0 Å². The molecule has 1 aromatic carbocycles. The molecule has 0 amide bonds. The number of aryl methyl sites for hydroxylation is 2. The van der Waals surface area contributed by atoms with Crippen molar-refractivity contribution in [3.8, 4) is 5.75 Å². The third kappa shape index (κ3) is 28.0. The van der Waals surface area contributed by atoms with E-state index in [4.69, 9.17) is 19.8 Å². The van der Waals surface area contributed by atoms with Crippen molar-refractivity contribution in [2.24, 2.45) is 9.98 Å². The van der Waals surface area contributed by atoms with E-state index in [9.17, 15) is 0 Å². The molecule has 3 aromatic rings. The van der Waals surface area contributed by atoms with Gasteiger partial charge in [0.15, 0.2) is 0 Å². The summed E-state index contributed by atoms with van der Waals surface area (Å²) >= 11 is 0.